The fraction of sp³-hybridized carbons (Fsp3) is 0.529. The lowest BCUT2D eigenvalue weighted by molar-refractivity contribution is -0.0615. The summed E-state index contributed by atoms with van der Waals surface area (Å²) < 4.78 is 0. The minimum Gasteiger partial charge on any atom is -0.387 e. The third kappa shape index (κ3) is 2.23. The average Bonchev–Trinajstić information content (AvgIpc) is 3.04. The molecule has 0 amide bonds. The van der Waals surface area contributed by atoms with E-state index in [1.165, 1.54) is 19.3 Å². The van der Waals surface area contributed by atoms with Crippen LogP contribution >= 0.6 is 11.3 Å². The molecule has 0 bridgehead atoms. The van der Waals surface area contributed by atoms with Crippen molar-refractivity contribution in [3.63, 3.8) is 0 Å². The van der Waals surface area contributed by atoms with Gasteiger partial charge in [0.1, 0.15) is 5.01 Å². The smallest absolute Gasteiger partial charge is 0.208 e. The summed E-state index contributed by atoms with van der Waals surface area (Å²) in [7, 11) is 0. The maximum absolute atomic E-state index is 11.0. The molecule has 0 spiro atoms. The highest BCUT2D eigenvalue weighted by Gasteiger charge is 2.50. The molecule has 1 aromatic heterocycles. The van der Waals surface area contributed by atoms with Gasteiger partial charge in [-0.05, 0) is 18.8 Å². The van der Waals surface area contributed by atoms with Gasteiger partial charge in [-0.2, -0.15) is 0 Å². The van der Waals surface area contributed by atoms with Crippen molar-refractivity contribution in [2.24, 2.45) is 11.8 Å². The molecule has 1 N–H and O–H groups in total. The van der Waals surface area contributed by atoms with Crippen molar-refractivity contribution >= 4 is 16.5 Å². The Kier molecular flexibility index (Phi) is 3.42. The van der Waals surface area contributed by atoms with Gasteiger partial charge < -0.3 is 10.0 Å². The quantitative estimate of drug-likeness (QED) is 0.945. The van der Waals surface area contributed by atoms with Crippen LogP contribution in [-0.2, 0) is 0 Å². The SMILES string of the molecule is C[C@@H]1CN(c2nnc(-c3ccccc3)s2)C[C@@]1(O)C1CCC1. The Bertz CT molecular complexity index is 655. The van der Waals surface area contributed by atoms with E-state index >= 15 is 0 Å². The summed E-state index contributed by atoms with van der Waals surface area (Å²) in [5.74, 6) is 0.760. The number of benzene rings is 1. The van der Waals surface area contributed by atoms with E-state index in [0.717, 1.165) is 22.2 Å². The molecule has 22 heavy (non-hydrogen) atoms. The lowest BCUT2D eigenvalue weighted by Crippen LogP contribution is -2.47. The lowest BCUT2D eigenvalue weighted by atomic mass is 9.69. The summed E-state index contributed by atoms with van der Waals surface area (Å²) in [6.45, 7) is 3.73. The molecule has 4 rings (SSSR count). The Labute approximate surface area is 134 Å². The topological polar surface area (TPSA) is 49.2 Å². The predicted octanol–water partition coefficient (Wildman–Crippen LogP) is 3.19. The minimum atomic E-state index is -0.545. The van der Waals surface area contributed by atoms with Crippen LogP contribution in [0.5, 0.6) is 0 Å². The summed E-state index contributed by atoms with van der Waals surface area (Å²) in [4.78, 5) is 2.22. The van der Waals surface area contributed by atoms with Gasteiger partial charge in [-0.3, -0.25) is 0 Å². The molecule has 0 unspecified atom stereocenters. The van der Waals surface area contributed by atoms with Gasteiger partial charge in [0.25, 0.3) is 0 Å². The number of hydrogen-bond donors (Lipinski definition) is 1. The zero-order chi connectivity index (χ0) is 15.2. The van der Waals surface area contributed by atoms with E-state index in [4.69, 9.17) is 0 Å². The highest BCUT2D eigenvalue weighted by atomic mass is 32.1. The van der Waals surface area contributed by atoms with Crippen LogP contribution in [0.25, 0.3) is 10.6 Å². The van der Waals surface area contributed by atoms with Gasteiger partial charge >= 0.3 is 0 Å². The Morgan fingerprint density at radius 3 is 2.68 bits per heavy atom. The number of aliphatic hydroxyl groups is 1. The molecule has 1 aliphatic heterocycles. The third-order valence-electron chi connectivity index (χ3n) is 5.31. The number of nitrogens with zero attached hydrogens (tertiary/aromatic N) is 3. The average molecular weight is 315 g/mol. The summed E-state index contributed by atoms with van der Waals surface area (Å²) >= 11 is 1.62. The molecule has 2 aliphatic rings. The summed E-state index contributed by atoms with van der Waals surface area (Å²) in [6.07, 6.45) is 3.59. The van der Waals surface area contributed by atoms with Crippen molar-refractivity contribution in [1.29, 1.82) is 0 Å². The van der Waals surface area contributed by atoms with E-state index in [1.54, 1.807) is 11.3 Å². The van der Waals surface area contributed by atoms with E-state index in [-0.39, 0.29) is 0 Å². The molecule has 2 heterocycles. The van der Waals surface area contributed by atoms with Gasteiger partial charge in [0.15, 0.2) is 0 Å². The molecule has 5 heteroatoms. The number of rotatable bonds is 3. The maximum Gasteiger partial charge on any atom is 0.208 e. The summed E-state index contributed by atoms with van der Waals surface area (Å²) in [5.41, 5.74) is 0.560. The van der Waals surface area contributed by atoms with E-state index in [9.17, 15) is 5.11 Å². The normalized spacial score (nSPS) is 28.8. The van der Waals surface area contributed by atoms with E-state index in [2.05, 4.69) is 34.2 Å². The number of hydrogen-bond acceptors (Lipinski definition) is 5. The highest BCUT2D eigenvalue weighted by Crippen LogP contribution is 2.45. The van der Waals surface area contributed by atoms with Gasteiger partial charge in [0.05, 0.1) is 5.60 Å². The van der Waals surface area contributed by atoms with E-state index < -0.39 is 5.60 Å². The van der Waals surface area contributed by atoms with Gasteiger partial charge in [-0.25, -0.2) is 0 Å². The van der Waals surface area contributed by atoms with Crippen LogP contribution in [0.3, 0.4) is 0 Å². The van der Waals surface area contributed by atoms with Crippen molar-refractivity contribution in [1.82, 2.24) is 10.2 Å². The van der Waals surface area contributed by atoms with Crippen LogP contribution in [0.4, 0.5) is 5.13 Å². The number of aromatic nitrogens is 2. The van der Waals surface area contributed by atoms with Gasteiger partial charge in [0.2, 0.25) is 5.13 Å². The zero-order valence-electron chi connectivity index (χ0n) is 12.8. The molecular weight excluding hydrogens is 294 g/mol. The van der Waals surface area contributed by atoms with Crippen LogP contribution in [-0.4, -0.2) is 34.0 Å². The number of anilines is 1. The standard InChI is InChI=1S/C17H21N3OS/c1-12-10-20(11-17(12,21)14-8-5-9-14)16-19-18-15(22-16)13-6-3-2-4-7-13/h2-4,6-7,12,14,21H,5,8-11H2,1H3/t12-,17+/m1/s1. The first kappa shape index (κ1) is 14.2. The molecule has 1 aliphatic carbocycles. The highest BCUT2D eigenvalue weighted by molar-refractivity contribution is 7.18. The van der Waals surface area contributed by atoms with Crippen LogP contribution in [0.1, 0.15) is 26.2 Å². The first-order chi connectivity index (χ1) is 10.7. The Morgan fingerprint density at radius 2 is 2.00 bits per heavy atom. The molecule has 1 saturated carbocycles. The maximum atomic E-state index is 11.0. The molecule has 1 aromatic carbocycles. The fourth-order valence-corrected chi connectivity index (χ4v) is 4.50. The second-order valence-corrected chi connectivity index (χ2v) is 7.61. The first-order valence-electron chi connectivity index (χ1n) is 8.03. The van der Waals surface area contributed by atoms with Crippen molar-refractivity contribution < 1.29 is 5.11 Å². The molecule has 2 fully saturated rings. The third-order valence-corrected chi connectivity index (χ3v) is 6.34. The Balaban J connectivity index is 1.55. The van der Waals surface area contributed by atoms with E-state index in [0.29, 0.717) is 18.4 Å². The summed E-state index contributed by atoms with van der Waals surface area (Å²) in [5, 5.41) is 21.6. The second-order valence-electron chi connectivity index (χ2n) is 6.66. The number of β-amino-alcohol motifs (C(OH)–C–C–N with tert-alkyl or cyclic N) is 1. The van der Waals surface area contributed by atoms with Gasteiger partial charge in [0, 0.05) is 24.6 Å². The minimum absolute atomic E-state index is 0.293. The monoisotopic (exact) mass is 315 g/mol. The molecule has 0 radical (unpaired) electrons. The van der Waals surface area contributed by atoms with Crippen molar-refractivity contribution in [3.8, 4) is 10.6 Å². The van der Waals surface area contributed by atoms with E-state index in [1.807, 2.05) is 18.2 Å². The Morgan fingerprint density at radius 1 is 1.23 bits per heavy atom. The second kappa shape index (κ2) is 5.32. The van der Waals surface area contributed by atoms with Crippen LogP contribution < -0.4 is 4.90 Å². The van der Waals surface area contributed by atoms with Gasteiger partial charge in [-0.15, -0.1) is 10.2 Å². The van der Waals surface area contributed by atoms with Crippen molar-refractivity contribution in [3.05, 3.63) is 30.3 Å². The molecular formula is C17H21N3OS. The van der Waals surface area contributed by atoms with Crippen LogP contribution in [0, 0.1) is 11.8 Å². The molecule has 4 nitrogen and oxygen atoms in total. The fourth-order valence-electron chi connectivity index (χ4n) is 3.64. The first-order valence-corrected chi connectivity index (χ1v) is 8.85. The lowest BCUT2D eigenvalue weighted by Gasteiger charge is -2.41. The van der Waals surface area contributed by atoms with Crippen LogP contribution in [0.15, 0.2) is 30.3 Å². The van der Waals surface area contributed by atoms with Crippen molar-refractivity contribution in [2.75, 3.05) is 18.0 Å². The van der Waals surface area contributed by atoms with Crippen LogP contribution in [0.2, 0.25) is 0 Å². The van der Waals surface area contributed by atoms with Gasteiger partial charge in [-0.1, -0.05) is 55.0 Å². The van der Waals surface area contributed by atoms with Crippen molar-refractivity contribution in [2.45, 2.75) is 31.8 Å². The predicted molar refractivity (Wildman–Crippen MR) is 89.0 cm³/mol. The Hall–Kier alpha value is -1.46. The zero-order valence-corrected chi connectivity index (χ0v) is 13.6. The molecule has 1 saturated heterocycles. The molecule has 116 valence electrons. The molecule has 2 aromatic rings. The summed E-state index contributed by atoms with van der Waals surface area (Å²) in [6, 6.07) is 10.2. The largest absolute Gasteiger partial charge is 0.387 e. The molecule has 2 atom stereocenters.